The molecule has 0 aliphatic heterocycles. The van der Waals surface area contributed by atoms with E-state index < -0.39 is 11.0 Å². The molecule has 0 bridgehead atoms. The third-order valence-electron chi connectivity index (χ3n) is 5.12. The number of nitro benzene ring substituents is 1. The minimum Gasteiger partial charge on any atom is -0.491 e. The Morgan fingerprint density at radius 1 is 1.20 bits per heavy atom. The molecule has 1 saturated carbocycles. The number of nitro groups is 1. The normalized spacial score (nSPS) is 15.9. The summed E-state index contributed by atoms with van der Waals surface area (Å²) in [5, 5.41) is 27.2. The number of rotatable bonds is 10. The van der Waals surface area contributed by atoms with Crippen molar-refractivity contribution in [3.8, 4) is 5.75 Å². The van der Waals surface area contributed by atoms with E-state index in [1.807, 2.05) is 13.0 Å². The highest BCUT2D eigenvalue weighted by atomic mass is 16.6. The van der Waals surface area contributed by atoms with Gasteiger partial charge < -0.3 is 20.5 Å². The zero-order chi connectivity index (χ0) is 21.4. The van der Waals surface area contributed by atoms with Gasteiger partial charge in [0.05, 0.1) is 11.5 Å². The van der Waals surface area contributed by atoms with Crippen molar-refractivity contribution in [1.29, 1.82) is 0 Å². The van der Waals surface area contributed by atoms with E-state index in [-0.39, 0.29) is 24.3 Å². The molecular formula is C22H28N4O4. The first-order valence-corrected chi connectivity index (χ1v) is 10.2. The van der Waals surface area contributed by atoms with Crippen LogP contribution in [0.25, 0.3) is 0 Å². The van der Waals surface area contributed by atoms with E-state index in [1.54, 1.807) is 0 Å². The Kier molecular flexibility index (Phi) is 7.24. The highest BCUT2D eigenvalue weighted by molar-refractivity contribution is 5.79. The quantitative estimate of drug-likeness (QED) is 0.240. The third kappa shape index (κ3) is 5.93. The number of nitrogens with zero attached hydrogens (tertiary/aromatic N) is 2. The molecule has 3 rings (SSSR count). The lowest BCUT2D eigenvalue weighted by Gasteiger charge is -2.18. The van der Waals surface area contributed by atoms with Gasteiger partial charge in [-0.2, -0.15) is 0 Å². The molecule has 0 spiro atoms. The zero-order valence-electron chi connectivity index (χ0n) is 17.1. The van der Waals surface area contributed by atoms with Crippen LogP contribution < -0.4 is 15.4 Å². The maximum absolute atomic E-state index is 10.7. The van der Waals surface area contributed by atoms with Crippen molar-refractivity contribution in [2.75, 3.05) is 26.2 Å². The van der Waals surface area contributed by atoms with Crippen LogP contribution in [0.2, 0.25) is 0 Å². The molecule has 0 aromatic heterocycles. The van der Waals surface area contributed by atoms with Crippen molar-refractivity contribution < 1.29 is 14.8 Å². The van der Waals surface area contributed by atoms with E-state index in [2.05, 4.69) is 34.9 Å². The number of aliphatic hydroxyl groups excluding tert-OH is 1. The van der Waals surface area contributed by atoms with Crippen LogP contribution in [-0.2, 0) is 5.41 Å². The summed E-state index contributed by atoms with van der Waals surface area (Å²) in [7, 11) is 0. The predicted molar refractivity (Wildman–Crippen MR) is 116 cm³/mol. The molecule has 1 unspecified atom stereocenters. The second kappa shape index (κ2) is 10.1. The third-order valence-corrected chi connectivity index (χ3v) is 5.12. The van der Waals surface area contributed by atoms with E-state index in [0.29, 0.717) is 18.3 Å². The SMILES string of the molecule is CCNC(=NCC1(c2ccccc2)CC1)NCC(O)COc1ccc([N+](=O)[O-])cc1. The number of non-ortho nitro benzene ring substituents is 1. The van der Waals surface area contributed by atoms with Gasteiger partial charge in [-0.15, -0.1) is 0 Å². The molecule has 0 amide bonds. The first-order valence-electron chi connectivity index (χ1n) is 10.2. The molecule has 8 nitrogen and oxygen atoms in total. The van der Waals surface area contributed by atoms with E-state index in [0.717, 1.165) is 19.4 Å². The number of benzene rings is 2. The van der Waals surface area contributed by atoms with Crippen LogP contribution >= 0.6 is 0 Å². The number of nitrogens with one attached hydrogen (secondary N) is 2. The van der Waals surface area contributed by atoms with Gasteiger partial charge in [0.15, 0.2) is 5.96 Å². The zero-order valence-corrected chi connectivity index (χ0v) is 17.1. The molecule has 8 heteroatoms. The number of aliphatic hydroxyl groups is 1. The summed E-state index contributed by atoms with van der Waals surface area (Å²) in [6.07, 6.45) is 1.50. The van der Waals surface area contributed by atoms with Gasteiger partial charge in [-0.3, -0.25) is 15.1 Å². The molecule has 0 saturated heterocycles. The van der Waals surface area contributed by atoms with Gasteiger partial charge in [-0.1, -0.05) is 30.3 Å². The van der Waals surface area contributed by atoms with Gasteiger partial charge in [0, 0.05) is 30.6 Å². The van der Waals surface area contributed by atoms with Gasteiger partial charge in [0.1, 0.15) is 18.5 Å². The first-order chi connectivity index (χ1) is 14.5. The average molecular weight is 412 g/mol. The molecule has 0 heterocycles. The standard InChI is InChI=1S/C22H28N4O4/c1-2-23-21(25-16-22(12-13-22)17-6-4-3-5-7-17)24-14-19(27)15-30-20-10-8-18(9-11-20)26(28)29/h3-11,19,27H,2,12-16H2,1H3,(H2,23,24,25). The Bertz CT molecular complexity index is 851. The van der Waals surface area contributed by atoms with Crippen LogP contribution in [0.3, 0.4) is 0 Å². The fourth-order valence-electron chi connectivity index (χ4n) is 3.18. The maximum Gasteiger partial charge on any atom is 0.269 e. The van der Waals surface area contributed by atoms with Gasteiger partial charge in [-0.05, 0) is 37.5 Å². The van der Waals surface area contributed by atoms with Crippen LogP contribution in [0.5, 0.6) is 5.75 Å². The molecular weight excluding hydrogens is 384 g/mol. The molecule has 1 aliphatic carbocycles. The summed E-state index contributed by atoms with van der Waals surface area (Å²) in [5.41, 5.74) is 1.45. The Balaban J connectivity index is 1.48. The number of ether oxygens (including phenoxy) is 1. The van der Waals surface area contributed by atoms with E-state index in [1.165, 1.54) is 29.8 Å². The second-order valence-corrected chi connectivity index (χ2v) is 7.44. The van der Waals surface area contributed by atoms with Crippen molar-refractivity contribution in [1.82, 2.24) is 10.6 Å². The largest absolute Gasteiger partial charge is 0.491 e. The summed E-state index contributed by atoms with van der Waals surface area (Å²) in [5.74, 6) is 1.13. The van der Waals surface area contributed by atoms with Crippen molar-refractivity contribution >= 4 is 11.6 Å². The van der Waals surface area contributed by atoms with Crippen molar-refractivity contribution in [3.63, 3.8) is 0 Å². The molecule has 2 aromatic rings. The Morgan fingerprint density at radius 2 is 1.90 bits per heavy atom. The highest BCUT2D eigenvalue weighted by Gasteiger charge is 2.43. The number of aliphatic imine (C=N–C) groups is 1. The molecule has 1 aliphatic rings. The van der Waals surface area contributed by atoms with E-state index in [9.17, 15) is 15.2 Å². The minimum atomic E-state index is -0.756. The summed E-state index contributed by atoms with van der Waals surface area (Å²) in [6, 6.07) is 16.2. The molecule has 2 aromatic carbocycles. The monoisotopic (exact) mass is 412 g/mol. The molecule has 1 fully saturated rings. The van der Waals surface area contributed by atoms with E-state index >= 15 is 0 Å². The lowest BCUT2D eigenvalue weighted by atomic mass is 9.96. The first kappa shape index (κ1) is 21.6. The Labute approximate surface area is 176 Å². The minimum absolute atomic E-state index is 0.00000408. The van der Waals surface area contributed by atoms with Gasteiger partial charge >= 0.3 is 0 Å². The van der Waals surface area contributed by atoms with E-state index in [4.69, 9.17) is 9.73 Å². The van der Waals surface area contributed by atoms with Gasteiger partial charge in [0.2, 0.25) is 0 Å². The van der Waals surface area contributed by atoms with Crippen molar-refractivity contribution in [3.05, 3.63) is 70.3 Å². The van der Waals surface area contributed by atoms with Gasteiger partial charge in [0.25, 0.3) is 5.69 Å². The summed E-state index contributed by atoms with van der Waals surface area (Å²) in [6.45, 7) is 3.76. The summed E-state index contributed by atoms with van der Waals surface area (Å²) in [4.78, 5) is 14.9. The smallest absolute Gasteiger partial charge is 0.269 e. The van der Waals surface area contributed by atoms with Crippen molar-refractivity contribution in [2.24, 2.45) is 4.99 Å². The van der Waals surface area contributed by atoms with Gasteiger partial charge in [-0.25, -0.2) is 0 Å². The average Bonchev–Trinajstić information content (AvgIpc) is 3.56. The fourth-order valence-corrected chi connectivity index (χ4v) is 3.18. The molecule has 0 radical (unpaired) electrons. The Morgan fingerprint density at radius 3 is 2.50 bits per heavy atom. The highest BCUT2D eigenvalue weighted by Crippen LogP contribution is 2.48. The molecule has 3 N–H and O–H groups in total. The number of hydrogen-bond donors (Lipinski definition) is 3. The number of guanidine groups is 1. The topological polar surface area (TPSA) is 109 Å². The maximum atomic E-state index is 10.7. The predicted octanol–water partition coefficient (Wildman–Crippen LogP) is 2.62. The van der Waals surface area contributed by atoms with Crippen molar-refractivity contribution in [2.45, 2.75) is 31.3 Å². The molecule has 160 valence electrons. The van der Waals surface area contributed by atoms with Crippen LogP contribution in [0.1, 0.15) is 25.3 Å². The molecule has 1 atom stereocenters. The van der Waals surface area contributed by atoms with Crippen LogP contribution in [-0.4, -0.2) is 48.3 Å². The lowest BCUT2D eigenvalue weighted by Crippen LogP contribution is -2.43. The number of hydrogen-bond acceptors (Lipinski definition) is 5. The van der Waals surface area contributed by atoms with Crippen LogP contribution in [0.15, 0.2) is 59.6 Å². The lowest BCUT2D eigenvalue weighted by molar-refractivity contribution is -0.384. The summed E-state index contributed by atoms with van der Waals surface area (Å²) >= 11 is 0. The Hall–Kier alpha value is -3.13. The molecule has 30 heavy (non-hydrogen) atoms. The fraction of sp³-hybridized carbons (Fsp3) is 0.409. The van der Waals surface area contributed by atoms with Crippen LogP contribution in [0.4, 0.5) is 5.69 Å². The summed E-state index contributed by atoms with van der Waals surface area (Å²) < 4.78 is 5.50. The second-order valence-electron chi connectivity index (χ2n) is 7.44. The van der Waals surface area contributed by atoms with Crippen LogP contribution in [0, 0.1) is 10.1 Å².